The van der Waals surface area contributed by atoms with Crippen molar-refractivity contribution in [3.63, 3.8) is 0 Å². The lowest BCUT2D eigenvalue weighted by molar-refractivity contribution is 0.102. The predicted molar refractivity (Wildman–Crippen MR) is 111 cm³/mol. The molecule has 1 amide bonds. The van der Waals surface area contributed by atoms with E-state index >= 15 is 0 Å². The van der Waals surface area contributed by atoms with Gasteiger partial charge in [0.15, 0.2) is 5.76 Å². The number of rotatable bonds is 5. The van der Waals surface area contributed by atoms with Gasteiger partial charge < -0.3 is 9.73 Å². The van der Waals surface area contributed by atoms with Gasteiger partial charge in [0, 0.05) is 24.0 Å². The zero-order valence-corrected chi connectivity index (χ0v) is 17.1. The van der Waals surface area contributed by atoms with Crippen LogP contribution in [0.2, 0.25) is 0 Å². The van der Waals surface area contributed by atoms with E-state index in [1.807, 2.05) is 12.3 Å². The second-order valence-corrected chi connectivity index (χ2v) is 9.22. The molecule has 3 aromatic rings. The number of nitrogens with zero attached hydrogens (tertiary/aromatic N) is 2. The van der Waals surface area contributed by atoms with Gasteiger partial charge in [-0.05, 0) is 37.6 Å². The van der Waals surface area contributed by atoms with E-state index in [9.17, 15) is 13.2 Å². The van der Waals surface area contributed by atoms with Gasteiger partial charge in [-0.2, -0.15) is 0 Å². The maximum absolute atomic E-state index is 12.5. The van der Waals surface area contributed by atoms with E-state index in [1.165, 1.54) is 29.7 Å². The molecule has 10 heteroatoms. The Hall–Kier alpha value is -2.98. The highest BCUT2D eigenvalue weighted by Crippen LogP contribution is 2.24. The summed E-state index contributed by atoms with van der Waals surface area (Å²) in [6.07, 6.45) is 2.79. The molecule has 1 aliphatic rings. The van der Waals surface area contributed by atoms with E-state index in [-0.39, 0.29) is 4.90 Å². The molecule has 0 radical (unpaired) electrons. The van der Waals surface area contributed by atoms with Gasteiger partial charge in [-0.15, -0.1) is 11.3 Å². The van der Waals surface area contributed by atoms with Crippen LogP contribution in [0.5, 0.6) is 0 Å². The second kappa shape index (κ2) is 7.80. The number of aliphatic imine (C=N–C) groups is 1. The molecule has 0 atom stereocenters. The van der Waals surface area contributed by atoms with Crippen LogP contribution in [0.3, 0.4) is 0 Å². The minimum Gasteiger partial charge on any atom is -0.462 e. The van der Waals surface area contributed by atoms with Crippen LogP contribution in [0, 0.1) is 6.92 Å². The number of hydrogen-bond acceptors (Lipinski definition) is 7. The number of sulfonamides is 1. The number of carbonyl (C=O) groups is 1. The minimum absolute atomic E-state index is 0.0516. The number of anilines is 1. The van der Waals surface area contributed by atoms with E-state index in [2.05, 4.69) is 20.0 Å². The minimum atomic E-state index is -3.75. The average Bonchev–Trinajstić information content (AvgIpc) is 3.43. The number of benzene rings is 1. The van der Waals surface area contributed by atoms with Crippen LogP contribution in [-0.2, 0) is 10.0 Å². The van der Waals surface area contributed by atoms with Crippen molar-refractivity contribution in [3.05, 3.63) is 52.5 Å². The summed E-state index contributed by atoms with van der Waals surface area (Å²) in [4.78, 5) is 21.0. The topological polar surface area (TPSA) is 114 Å². The molecule has 0 unspecified atom stereocenters. The summed E-state index contributed by atoms with van der Waals surface area (Å²) >= 11 is 1.49. The van der Waals surface area contributed by atoms with E-state index < -0.39 is 15.9 Å². The normalized spacial score (nSPS) is 13.9. The Labute approximate surface area is 171 Å². The lowest BCUT2D eigenvalue weighted by atomic mass is 10.2. The molecular formula is C19H18N4O4S2. The van der Waals surface area contributed by atoms with Gasteiger partial charge in [0.2, 0.25) is 0 Å². The monoisotopic (exact) mass is 430 g/mol. The fraction of sp³-hybridized carbons (Fsp3) is 0.211. The lowest BCUT2D eigenvalue weighted by Crippen LogP contribution is -2.29. The number of amides is 1. The lowest BCUT2D eigenvalue weighted by Gasteiger charge is -2.09. The first-order chi connectivity index (χ1) is 13.9. The van der Waals surface area contributed by atoms with Crippen molar-refractivity contribution >= 4 is 38.8 Å². The molecule has 2 aromatic heterocycles. The van der Waals surface area contributed by atoms with Gasteiger partial charge in [0.1, 0.15) is 17.8 Å². The summed E-state index contributed by atoms with van der Waals surface area (Å²) in [7, 11) is -3.75. The van der Waals surface area contributed by atoms with Crippen LogP contribution in [0.15, 0.2) is 56.3 Å². The van der Waals surface area contributed by atoms with Crippen LogP contribution in [0.4, 0.5) is 5.69 Å². The SMILES string of the molecule is Cc1nc(-c2cc(C(=O)Nc3cccc(S(=O)(=O)NC4=NCCC4)c3)co2)cs1. The first kappa shape index (κ1) is 19.3. The van der Waals surface area contributed by atoms with E-state index in [1.54, 1.807) is 18.2 Å². The smallest absolute Gasteiger partial charge is 0.262 e. The standard InChI is InChI=1S/C19H18N4O4S2/c1-12-21-16(11-28-12)17-8-13(10-27-17)19(24)22-14-4-2-5-15(9-14)29(25,26)23-18-6-3-7-20-18/h2,4-5,8-11H,3,6-7H2,1H3,(H,20,23)(H,22,24). The maximum Gasteiger partial charge on any atom is 0.262 e. The van der Waals surface area contributed by atoms with Gasteiger partial charge in [-0.25, -0.2) is 13.4 Å². The molecule has 2 N–H and O–H groups in total. The maximum atomic E-state index is 12.5. The van der Waals surface area contributed by atoms with Gasteiger partial charge in [0.05, 0.1) is 15.5 Å². The van der Waals surface area contributed by atoms with Crippen LogP contribution < -0.4 is 10.0 Å². The Morgan fingerprint density at radius 1 is 1.28 bits per heavy atom. The molecule has 150 valence electrons. The molecule has 3 heterocycles. The molecule has 0 saturated carbocycles. The highest BCUT2D eigenvalue weighted by Gasteiger charge is 2.19. The number of carbonyl (C=O) groups excluding carboxylic acids is 1. The van der Waals surface area contributed by atoms with Crippen molar-refractivity contribution in [3.8, 4) is 11.5 Å². The number of furan rings is 1. The Bertz CT molecular complexity index is 1190. The molecule has 0 aliphatic carbocycles. The van der Waals surface area contributed by atoms with Crippen molar-refractivity contribution in [2.45, 2.75) is 24.7 Å². The molecular weight excluding hydrogens is 412 g/mol. The highest BCUT2D eigenvalue weighted by atomic mass is 32.2. The summed E-state index contributed by atoms with van der Waals surface area (Å²) in [5, 5.41) is 5.45. The number of amidine groups is 1. The molecule has 8 nitrogen and oxygen atoms in total. The predicted octanol–water partition coefficient (Wildman–Crippen LogP) is 3.43. The number of hydrogen-bond donors (Lipinski definition) is 2. The average molecular weight is 431 g/mol. The zero-order chi connectivity index (χ0) is 20.4. The van der Waals surface area contributed by atoms with Gasteiger partial charge in [0.25, 0.3) is 15.9 Å². The summed E-state index contributed by atoms with van der Waals surface area (Å²) in [6.45, 7) is 2.51. The van der Waals surface area contributed by atoms with Crippen molar-refractivity contribution in [1.82, 2.24) is 9.71 Å². The van der Waals surface area contributed by atoms with Crippen LogP contribution in [-0.4, -0.2) is 31.7 Å². The zero-order valence-electron chi connectivity index (χ0n) is 15.5. The Kier molecular flexibility index (Phi) is 5.20. The fourth-order valence-electron chi connectivity index (χ4n) is 2.85. The number of aryl methyl sites for hydroxylation is 1. The van der Waals surface area contributed by atoms with Crippen molar-refractivity contribution in [2.75, 3.05) is 11.9 Å². The largest absolute Gasteiger partial charge is 0.462 e. The van der Waals surface area contributed by atoms with Crippen LogP contribution in [0.25, 0.3) is 11.5 Å². The van der Waals surface area contributed by atoms with Gasteiger partial charge >= 0.3 is 0 Å². The summed E-state index contributed by atoms with van der Waals surface area (Å²) in [5.74, 6) is 0.551. The third-order valence-corrected chi connectivity index (χ3v) is 6.41. The van der Waals surface area contributed by atoms with Crippen LogP contribution >= 0.6 is 11.3 Å². The van der Waals surface area contributed by atoms with Crippen molar-refractivity contribution in [1.29, 1.82) is 0 Å². The van der Waals surface area contributed by atoms with Gasteiger partial charge in [-0.3, -0.25) is 14.5 Å². The molecule has 0 bridgehead atoms. The van der Waals surface area contributed by atoms with E-state index in [0.29, 0.717) is 41.5 Å². The molecule has 0 spiro atoms. The van der Waals surface area contributed by atoms with Gasteiger partial charge in [-0.1, -0.05) is 6.07 Å². The molecule has 0 fully saturated rings. The first-order valence-electron chi connectivity index (χ1n) is 8.89. The first-order valence-corrected chi connectivity index (χ1v) is 11.3. The number of thiazole rings is 1. The summed E-state index contributed by atoms with van der Waals surface area (Å²) in [6, 6.07) is 7.66. The molecule has 29 heavy (non-hydrogen) atoms. The highest BCUT2D eigenvalue weighted by molar-refractivity contribution is 7.90. The molecule has 1 aliphatic heterocycles. The quantitative estimate of drug-likeness (QED) is 0.644. The summed E-state index contributed by atoms with van der Waals surface area (Å²) in [5.41, 5.74) is 1.34. The summed E-state index contributed by atoms with van der Waals surface area (Å²) < 4.78 is 33.0. The van der Waals surface area contributed by atoms with Crippen molar-refractivity contribution < 1.29 is 17.6 Å². The number of nitrogens with one attached hydrogen (secondary N) is 2. The van der Waals surface area contributed by atoms with Crippen LogP contribution in [0.1, 0.15) is 28.2 Å². The molecule has 4 rings (SSSR count). The Morgan fingerprint density at radius 3 is 2.86 bits per heavy atom. The van der Waals surface area contributed by atoms with E-state index in [0.717, 1.165) is 11.4 Å². The number of aromatic nitrogens is 1. The Morgan fingerprint density at radius 2 is 2.14 bits per heavy atom. The second-order valence-electron chi connectivity index (χ2n) is 6.47. The van der Waals surface area contributed by atoms with Crippen molar-refractivity contribution in [2.24, 2.45) is 4.99 Å². The third-order valence-electron chi connectivity index (χ3n) is 4.26. The molecule has 1 aromatic carbocycles. The van der Waals surface area contributed by atoms with E-state index in [4.69, 9.17) is 4.42 Å². The molecule has 0 saturated heterocycles. The Balaban J connectivity index is 1.49. The fourth-order valence-corrected chi connectivity index (χ4v) is 4.58. The third kappa shape index (κ3) is 4.38.